The molecule has 1 heterocycles. The second-order valence-electron chi connectivity index (χ2n) is 8.36. The second-order valence-corrected chi connectivity index (χ2v) is 8.36. The van der Waals surface area contributed by atoms with Gasteiger partial charge in [-0.15, -0.1) is 0 Å². The topological polar surface area (TPSA) is 92.8 Å². The molecule has 3 aliphatic rings. The van der Waals surface area contributed by atoms with Crippen molar-refractivity contribution in [3.8, 4) is 0 Å². The third-order valence-electron chi connectivity index (χ3n) is 6.64. The van der Waals surface area contributed by atoms with Crippen molar-refractivity contribution >= 4 is 23.7 Å². The fourth-order valence-electron chi connectivity index (χ4n) is 4.74. The van der Waals surface area contributed by atoms with E-state index in [1.165, 1.54) is 6.42 Å². The quantitative estimate of drug-likeness (QED) is 0.580. The molecule has 27 heavy (non-hydrogen) atoms. The summed E-state index contributed by atoms with van der Waals surface area (Å²) >= 11 is 0. The lowest BCUT2D eigenvalue weighted by Gasteiger charge is -2.34. The average Bonchev–Trinajstić information content (AvgIpc) is 2.89. The summed E-state index contributed by atoms with van der Waals surface area (Å²) in [7, 11) is 0. The van der Waals surface area contributed by atoms with Crippen LogP contribution in [0.4, 0.5) is 0 Å². The number of imide groups is 1. The fourth-order valence-corrected chi connectivity index (χ4v) is 4.74. The number of carbonyl (C=O) groups excluding carboxylic acids is 4. The summed E-state index contributed by atoms with van der Waals surface area (Å²) in [5.74, 6) is -1.19. The van der Waals surface area contributed by atoms with Crippen LogP contribution in [-0.4, -0.2) is 47.8 Å². The Morgan fingerprint density at radius 1 is 1.00 bits per heavy atom. The molecule has 7 nitrogen and oxygen atoms in total. The standard InChI is InChI=1S/C20H30N2O5/c1-12-6-5-9-16(13(12)2)21-17(23)11-27-18(24)10-22-19(25)14-7-3-4-8-15(14)20(22)26/h12-16H,3-11H2,1-2H3,(H,21,23)/t12-,13+,14-,15+,16+/m0/s1. The van der Waals surface area contributed by atoms with E-state index in [0.717, 1.165) is 30.6 Å². The first-order valence-electron chi connectivity index (χ1n) is 10.2. The second kappa shape index (κ2) is 8.40. The van der Waals surface area contributed by atoms with Gasteiger partial charge in [-0.05, 0) is 31.1 Å². The largest absolute Gasteiger partial charge is 0.454 e. The lowest BCUT2D eigenvalue weighted by molar-refractivity contribution is -0.155. The monoisotopic (exact) mass is 378 g/mol. The van der Waals surface area contributed by atoms with Crippen molar-refractivity contribution in [2.24, 2.45) is 23.7 Å². The Labute approximate surface area is 160 Å². The Kier molecular flexibility index (Phi) is 6.17. The van der Waals surface area contributed by atoms with Gasteiger partial charge in [0.2, 0.25) is 11.8 Å². The van der Waals surface area contributed by atoms with Crippen molar-refractivity contribution in [3.05, 3.63) is 0 Å². The van der Waals surface area contributed by atoms with Crippen LogP contribution in [0.5, 0.6) is 0 Å². The van der Waals surface area contributed by atoms with Gasteiger partial charge in [0.15, 0.2) is 6.61 Å². The minimum atomic E-state index is -0.712. The number of nitrogens with one attached hydrogen (secondary N) is 1. The molecule has 2 saturated carbocycles. The molecular weight excluding hydrogens is 348 g/mol. The first-order valence-corrected chi connectivity index (χ1v) is 10.2. The Hall–Kier alpha value is -1.92. The van der Waals surface area contributed by atoms with Crippen molar-refractivity contribution in [2.75, 3.05) is 13.2 Å². The molecule has 1 saturated heterocycles. The normalized spacial score (nSPS) is 33.6. The summed E-state index contributed by atoms with van der Waals surface area (Å²) in [5, 5.41) is 2.94. The van der Waals surface area contributed by atoms with E-state index in [1.807, 2.05) is 0 Å². The molecule has 0 aromatic rings. The first-order chi connectivity index (χ1) is 12.9. The van der Waals surface area contributed by atoms with E-state index < -0.39 is 12.5 Å². The van der Waals surface area contributed by atoms with Crippen LogP contribution in [0, 0.1) is 23.7 Å². The van der Waals surface area contributed by atoms with E-state index in [1.54, 1.807) is 0 Å². The zero-order valence-electron chi connectivity index (χ0n) is 16.2. The molecule has 3 amide bonds. The van der Waals surface area contributed by atoms with E-state index in [0.29, 0.717) is 24.7 Å². The number of rotatable bonds is 5. The molecular formula is C20H30N2O5. The highest BCUT2D eigenvalue weighted by Crippen LogP contribution is 2.37. The Bertz CT molecular complexity index is 595. The van der Waals surface area contributed by atoms with Crippen LogP contribution >= 0.6 is 0 Å². The van der Waals surface area contributed by atoms with Gasteiger partial charge < -0.3 is 10.1 Å². The summed E-state index contributed by atoms with van der Waals surface area (Å²) in [4.78, 5) is 49.9. The van der Waals surface area contributed by atoms with Crippen molar-refractivity contribution in [1.29, 1.82) is 0 Å². The van der Waals surface area contributed by atoms with Gasteiger partial charge in [0, 0.05) is 6.04 Å². The molecule has 0 bridgehead atoms. The SMILES string of the molecule is C[C@@H]1[C@@H](C)CCC[C@H]1NC(=O)COC(=O)CN1C(=O)[C@H]2CCCC[C@H]2C1=O. The van der Waals surface area contributed by atoms with Crippen LogP contribution in [0.2, 0.25) is 0 Å². The first kappa shape index (κ1) is 19.8. The van der Waals surface area contributed by atoms with E-state index in [9.17, 15) is 19.2 Å². The highest BCUT2D eigenvalue weighted by atomic mass is 16.5. The maximum atomic E-state index is 12.4. The van der Waals surface area contributed by atoms with Crippen LogP contribution in [-0.2, 0) is 23.9 Å². The highest BCUT2D eigenvalue weighted by Gasteiger charge is 2.48. The molecule has 2 aliphatic carbocycles. The van der Waals surface area contributed by atoms with Crippen molar-refractivity contribution in [1.82, 2.24) is 10.2 Å². The van der Waals surface area contributed by atoms with E-state index in [4.69, 9.17) is 4.74 Å². The van der Waals surface area contributed by atoms with Gasteiger partial charge in [-0.25, -0.2) is 0 Å². The molecule has 0 spiro atoms. The van der Waals surface area contributed by atoms with Gasteiger partial charge in [0.25, 0.3) is 5.91 Å². The number of hydrogen-bond donors (Lipinski definition) is 1. The number of esters is 1. The number of amides is 3. The van der Waals surface area contributed by atoms with Crippen LogP contribution < -0.4 is 5.32 Å². The predicted molar refractivity (Wildman–Crippen MR) is 97.2 cm³/mol. The Balaban J connectivity index is 1.45. The minimum Gasteiger partial charge on any atom is -0.454 e. The molecule has 0 aromatic carbocycles. The molecule has 0 radical (unpaired) electrons. The number of nitrogens with zero attached hydrogens (tertiary/aromatic N) is 1. The van der Waals surface area contributed by atoms with E-state index in [2.05, 4.69) is 19.2 Å². The molecule has 5 atom stereocenters. The Morgan fingerprint density at radius 3 is 2.26 bits per heavy atom. The van der Waals surface area contributed by atoms with Gasteiger partial charge >= 0.3 is 5.97 Å². The van der Waals surface area contributed by atoms with Crippen molar-refractivity contribution < 1.29 is 23.9 Å². The third kappa shape index (κ3) is 4.33. The number of hydrogen-bond acceptors (Lipinski definition) is 5. The van der Waals surface area contributed by atoms with Crippen LogP contribution in [0.25, 0.3) is 0 Å². The molecule has 3 rings (SSSR count). The zero-order chi connectivity index (χ0) is 19.6. The summed E-state index contributed by atoms with van der Waals surface area (Å²) in [6.45, 7) is 3.55. The van der Waals surface area contributed by atoms with E-state index in [-0.39, 0.29) is 42.2 Å². The lowest BCUT2D eigenvalue weighted by Crippen LogP contribution is -2.45. The molecule has 150 valence electrons. The highest BCUT2D eigenvalue weighted by molar-refractivity contribution is 6.07. The summed E-state index contributed by atoms with van der Waals surface area (Å²) in [6, 6.07) is 0.102. The summed E-state index contributed by atoms with van der Waals surface area (Å²) in [5.41, 5.74) is 0. The van der Waals surface area contributed by atoms with Gasteiger partial charge in [0.1, 0.15) is 6.54 Å². The molecule has 0 unspecified atom stereocenters. The smallest absolute Gasteiger partial charge is 0.326 e. The average molecular weight is 378 g/mol. The number of carbonyl (C=O) groups is 4. The van der Waals surface area contributed by atoms with Gasteiger partial charge in [-0.1, -0.05) is 39.5 Å². The van der Waals surface area contributed by atoms with Crippen molar-refractivity contribution in [2.45, 2.75) is 64.8 Å². The summed E-state index contributed by atoms with van der Waals surface area (Å²) in [6.07, 6.45) is 6.49. The van der Waals surface area contributed by atoms with Crippen LogP contribution in [0.15, 0.2) is 0 Å². The number of likely N-dealkylation sites (tertiary alicyclic amines) is 1. The molecule has 1 aliphatic heterocycles. The van der Waals surface area contributed by atoms with Gasteiger partial charge in [-0.2, -0.15) is 0 Å². The van der Waals surface area contributed by atoms with Gasteiger partial charge in [-0.3, -0.25) is 24.1 Å². The molecule has 3 fully saturated rings. The summed E-state index contributed by atoms with van der Waals surface area (Å²) < 4.78 is 5.02. The maximum absolute atomic E-state index is 12.4. The minimum absolute atomic E-state index is 0.102. The van der Waals surface area contributed by atoms with Gasteiger partial charge in [0.05, 0.1) is 11.8 Å². The molecule has 0 aromatic heterocycles. The Morgan fingerprint density at radius 2 is 1.63 bits per heavy atom. The van der Waals surface area contributed by atoms with Crippen molar-refractivity contribution in [3.63, 3.8) is 0 Å². The third-order valence-corrected chi connectivity index (χ3v) is 6.64. The molecule has 7 heteroatoms. The fraction of sp³-hybridized carbons (Fsp3) is 0.800. The molecule has 1 N–H and O–H groups in total. The number of fused-ring (bicyclic) bond motifs is 1. The lowest BCUT2D eigenvalue weighted by atomic mass is 9.78. The maximum Gasteiger partial charge on any atom is 0.326 e. The number of ether oxygens (including phenoxy) is 1. The zero-order valence-corrected chi connectivity index (χ0v) is 16.2. The predicted octanol–water partition coefficient (Wildman–Crippen LogP) is 1.65. The van der Waals surface area contributed by atoms with Crippen LogP contribution in [0.3, 0.4) is 0 Å². The van der Waals surface area contributed by atoms with E-state index >= 15 is 0 Å². The van der Waals surface area contributed by atoms with Crippen LogP contribution in [0.1, 0.15) is 58.8 Å².